The van der Waals surface area contributed by atoms with Gasteiger partial charge in [-0.05, 0) is 43.0 Å². The lowest BCUT2D eigenvalue weighted by Gasteiger charge is -2.22. The molecule has 5 nitrogen and oxygen atoms in total. The van der Waals surface area contributed by atoms with Crippen LogP contribution in [0.15, 0.2) is 35.7 Å². The normalized spacial score (nSPS) is 15.2. The lowest BCUT2D eigenvalue weighted by molar-refractivity contribution is 0.298. The number of sulfonamides is 1. The van der Waals surface area contributed by atoms with E-state index < -0.39 is 10.0 Å². The van der Waals surface area contributed by atoms with Crippen molar-refractivity contribution in [3.8, 4) is 5.75 Å². The number of aliphatic hydroxyl groups excluding tert-OH is 1. The predicted octanol–water partition coefficient (Wildman–Crippen LogP) is 1.57. The first-order chi connectivity index (χ1) is 10.0. The van der Waals surface area contributed by atoms with Gasteiger partial charge in [0.15, 0.2) is 0 Å². The van der Waals surface area contributed by atoms with Crippen LogP contribution in [0.2, 0.25) is 0 Å². The van der Waals surface area contributed by atoms with Crippen LogP contribution < -0.4 is 4.74 Å². The molecule has 0 radical (unpaired) electrons. The molecule has 1 aliphatic carbocycles. The fourth-order valence-corrected chi connectivity index (χ4v) is 4.20. The van der Waals surface area contributed by atoms with Gasteiger partial charge in [0.05, 0.1) is 12.0 Å². The fourth-order valence-electron chi connectivity index (χ4n) is 2.31. The average Bonchev–Trinajstić information content (AvgIpc) is 3.29. The van der Waals surface area contributed by atoms with Gasteiger partial charge in [-0.3, -0.25) is 0 Å². The molecule has 1 aliphatic rings. The fraction of sp³-hybridized carbons (Fsp3) is 0.467. The molecule has 0 aliphatic heterocycles. The van der Waals surface area contributed by atoms with Crippen LogP contribution in [0.25, 0.3) is 0 Å². The molecular weight excluding hydrogens is 290 g/mol. The monoisotopic (exact) mass is 311 g/mol. The first-order valence-corrected chi connectivity index (χ1v) is 8.39. The van der Waals surface area contributed by atoms with E-state index >= 15 is 0 Å². The zero-order chi connectivity index (χ0) is 15.5. The van der Waals surface area contributed by atoms with Gasteiger partial charge in [0.1, 0.15) is 5.75 Å². The molecule has 0 atom stereocenters. The van der Waals surface area contributed by atoms with Gasteiger partial charge in [0, 0.05) is 19.2 Å². The minimum absolute atomic E-state index is 0.0667. The standard InChI is InChI=1S/C15H21NO4S/c1-3-9-16(13-4-5-13)21(18,19)15-7-6-14(20-2)11-12(15)8-10-17/h3,6-7,11,13,17H,1,4-5,8-10H2,2H3. The van der Waals surface area contributed by atoms with Gasteiger partial charge in [-0.1, -0.05) is 6.08 Å². The second-order valence-corrected chi connectivity index (χ2v) is 6.90. The average molecular weight is 311 g/mol. The van der Waals surface area contributed by atoms with Gasteiger partial charge in [0.25, 0.3) is 0 Å². The van der Waals surface area contributed by atoms with Gasteiger partial charge in [0.2, 0.25) is 10.0 Å². The quantitative estimate of drug-likeness (QED) is 0.740. The summed E-state index contributed by atoms with van der Waals surface area (Å²) in [5.41, 5.74) is 0.576. The summed E-state index contributed by atoms with van der Waals surface area (Å²) < 4.78 is 32.3. The molecule has 1 aromatic carbocycles. The third-order valence-corrected chi connectivity index (χ3v) is 5.52. The van der Waals surface area contributed by atoms with E-state index in [-0.39, 0.29) is 24.0 Å². The molecule has 0 amide bonds. The van der Waals surface area contributed by atoms with Crippen molar-refractivity contribution in [1.29, 1.82) is 0 Å². The van der Waals surface area contributed by atoms with Crippen LogP contribution in [-0.4, -0.2) is 44.1 Å². The lowest BCUT2D eigenvalue weighted by atomic mass is 10.1. The second-order valence-electron chi connectivity index (χ2n) is 5.04. The minimum atomic E-state index is -3.58. The highest BCUT2D eigenvalue weighted by Crippen LogP contribution is 2.33. The Morgan fingerprint density at radius 1 is 1.48 bits per heavy atom. The van der Waals surface area contributed by atoms with Crippen LogP contribution in [0.1, 0.15) is 18.4 Å². The summed E-state index contributed by atoms with van der Waals surface area (Å²) in [5, 5.41) is 9.17. The molecule has 116 valence electrons. The molecule has 1 N–H and O–H groups in total. The first-order valence-electron chi connectivity index (χ1n) is 6.95. The number of benzene rings is 1. The molecule has 21 heavy (non-hydrogen) atoms. The first kappa shape index (κ1) is 16.0. The number of methoxy groups -OCH3 is 1. The Hall–Kier alpha value is -1.37. The SMILES string of the molecule is C=CCN(C1CC1)S(=O)(=O)c1ccc(OC)cc1CCO. The Balaban J connectivity index is 2.44. The lowest BCUT2D eigenvalue weighted by Crippen LogP contribution is -2.34. The zero-order valence-corrected chi connectivity index (χ0v) is 13.0. The summed E-state index contributed by atoms with van der Waals surface area (Å²) in [6.07, 6.45) is 3.65. The molecule has 0 heterocycles. The summed E-state index contributed by atoms with van der Waals surface area (Å²) in [5.74, 6) is 0.582. The highest BCUT2D eigenvalue weighted by Gasteiger charge is 2.38. The van der Waals surface area contributed by atoms with E-state index in [0.717, 1.165) is 12.8 Å². The highest BCUT2D eigenvalue weighted by molar-refractivity contribution is 7.89. The Labute approximate surface area is 125 Å². The molecule has 0 saturated heterocycles. The van der Waals surface area contributed by atoms with Crippen LogP contribution in [0.4, 0.5) is 0 Å². The summed E-state index contributed by atoms with van der Waals surface area (Å²) in [6.45, 7) is 3.83. The van der Waals surface area contributed by atoms with Gasteiger partial charge in [-0.2, -0.15) is 4.31 Å². The number of aliphatic hydroxyl groups is 1. The van der Waals surface area contributed by atoms with Crippen molar-refractivity contribution in [2.24, 2.45) is 0 Å². The van der Waals surface area contributed by atoms with Crippen LogP contribution in [0.3, 0.4) is 0 Å². The van der Waals surface area contributed by atoms with E-state index in [0.29, 0.717) is 17.9 Å². The van der Waals surface area contributed by atoms with E-state index in [4.69, 9.17) is 4.74 Å². The molecular formula is C15H21NO4S. The number of nitrogens with zero attached hydrogens (tertiary/aromatic N) is 1. The summed E-state index contributed by atoms with van der Waals surface area (Å²) in [7, 11) is -2.05. The number of hydrogen-bond acceptors (Lipinski definition) is 4. The Morgan fingerprint density at radius 3 is 2.71 bits per heavy atom. The van der Waals surface area contributed by atoms with Crippen molar-refractivity contribution in [2.45, 2.75) is 30.2 Å². The van der Waals surface area contributed by atoms with E-state index in [1.807, 2.05) is 0 Å². The molecule has 2 rings (SSSR count). The molecule has 0 aromatic heterocycles. The maximum Gasteiger partial charge on any atom is 0.243 e. The number of hydrogen-bond donors (Lipinski definition) is 1. The van der Waals surface area contributed by atoms with Gasteiger partial charge < -0.3 is 9.84 Å². The topological polar surface area (TPSA) is 66.8 Å². The van der Waals surface area contributed by atoms with Crippen molar-refractivity contribution in [1.82, 2.24) is 4.31 Å². The highest BCUT2D eigenvalue weighted by atomic mass is 32.2. The third kappa shape index (κ3) is 3.45. The Morgan fingerprint density at radius 2 is 2.19 bits per heavy atom. The van der Waals surface area contributed by atoms with Gasteiger partial charge in [-0.25, -0.2) is 8.42 Å². The maximum atomic E-state index is 12.9. The molecule has 1 fully saturated rings. The van der Waals surface area contributed by atoms with Crippen LogP contribution in [-0.2, 0) is 16.4 Å². The minimum Gasteiger partial charge on any atom is -0.497 e. The second kappa shape index (κ2) is 6.60. The van der Waals surface area contributed by atoms with E-state index in [9.17, 15) is 13.5 Å². The van der Waals surface area contributed by atoms with Crippen LogP contribution in [0, 0.1) is 0 Å². The number of ether oxygens (including phenoxy) is 1. The van der Waals surface area contributed by atoms with E-state index in [2.05, 4.69) is 6.58 Å². The number of rotatable bonds is 8. The van der Waals surface area contributed by atoms with Crippen LogP contribution >= 0.6 is 0 Å². The molecule has 1 saturated carbocycles. The molecule has 0 bridgehead atoms. The smallest absolute Gasteiger partial charge is 0.243 e. The Bertz CT molecular complexity index is 608. The van der Waals surface area contributed by atoms with Crippen molar-refractivity contribution in [2.75, 3.05) is 20.3 Å². The largest absolute Gasteiger partial charge is 0.497 e. The van der Waals surface area contributed by atoms with Crippen molar-refractivity contribution in [3.05, 3.63) is 36.4 Å². The molecule has 1 aromatic rings. The predicted molar refractivity (Wildman–Crippen MR) is 80.9 cm³/mol. The van der Waals surface area contributed by atoms with Gasteiger partial charge >= 0.3 is 0 Å². The summed E-state index contributed by atoms with van der Waals surface area (Å²) in [4.78, 5) is 0.242. The van der Waals surface area contributed by atoms with Crippen molar-refractivity contribution < 1.29 is 18.3 Å². The summed E-state index contributed by atoms with van der Waals surface area (Å²) >= 11 is 0. The zero-order valence-electron chi connectivity index (χ0n) is 12.2. The Kier molecular flexibility index (Phi) is 5.03. The molecule has 0 unspecified atom stereocenters. The summed E-state index contributed by atoms with van der Waals surface area (Å²) in [6, 6.07) is 4.92. The van der Waals surface area contributed by atoms with Crippen molar-refractivity contribution in [3.63, 3.8) is 0 Å². The maximum absolute atomic E-state index is 12.9. The molecule has 6 heteroatoms. The van der Waals surface area contributed by atoms with E-state index in [1.165, 1.54) is 11.4 Å². The van der Waals surface area contributed by atoms with Crippen molar-refractivity contribution >= 4 is 10.0 Å². The van der Waals surface area contributed by atoms with Gasteiger partial charge in [-0.15, -0.1) is 6.58 Å². The van der Waals surface area contributed by atoms with Crippen LogP contribution in [0.5, 0.6) is 5.75 Å². The molecule has 0 spiro atoms. The van der Waals surface area contributed by atoms with E-state index in [1.54, 1.807) is 24.3 Å². The third-order valence-electron chi connectivity index (χ3n) is 3.50.